The number of ether oxygens (including phenoxy) is 2. The van der Waals surface area contributed by atoms with E-state index < -0.39 is 0 Å². The number of hydrogen-bond acceptors (Lipinski definition) is 5. The van der Waals surface area contributed by atoms with Crippen LogP contribution in [0.5, 0.6) is 5.88 Å². The fourth-order valence-corrected chi connectivity index (χ4v) is 4.06. The molecule has 1 aromatic heterocycles. The Bertz CT molecular complexity index is 1010. The van der Waals surface area contributed by atoms with Crippen molar-refractivity contribution < 1.29 is 14.3 Å². The van der Waals surface area contributed by atoms with Gasteiger partial charge in [-0.1, -0.05) is 42.5 Å². The lowest BCUT2D eigenvalue weighted by Crippen LogP contribution is -2.48. The molecule has 1 aliphatic heterocycles. The number of carbonyl (C=O) groups is 1. The van der Waals surface area contributed by atoms with E-state index in [1.54, 1.807) is 0 Å². The van der Waals surface area contributed by atoms with Crippen molar-refractivity contribution in [2.75, 3.05) is 26.3 Å². The molecule has 2 aromatic carbocycles. The third kappa shape index (κ3) is 3.80. The minimum atomic E-state index is -0.157. The molecule has 1 amide bonds. The lowest BCUT2D eigenvalue weighted by Gasteiger charge is -2.33. The van der Waals surface area contributed by atoms with Crippen molar-refractivity contribution in [3.05, 3.63) is 66.5 Å². The summed E-state index contributed by atoms with van der Waals surface area (Å²) in [5, 5.41) is 0.877. The van der Waals surface area contributed by atoms with Gasteiger partial charge in [-0.3, -0.25) is 4.79 Å². The highest BCUT2D eigenvalue weighted by Crippen LogP contribution is 2.48. The molecule has 1 unspecified atom stereocenters. The van der Waals surface area contributed by atoms with Crippen molar-refractivity contribution in [2.24, 2.45) is 5.92 Å². The molecule has 5 rings (SSSR count). The maximum absolute atomic E-state index is 12.9. The smallest absolute Gasteiger partial charge is 0.226 e. The molecule has 6 heteroatoms. The molecule has 1 aliphatic carbocycles. The van der Waals surface area contributed by atoms with Crippen LogP contribution in [0.1, 0.15) is 17.9 Å². The highest BCUT2D eigenvalue weighted by atomic mass is 16.5. The van der Waals surface area contributed by atoms with Crippen molar-refractivity contribution in [3.63, 3.8) is 0 Å². The zero-order valence-corrected chi connectivity index (χ0v) is 16.1. The molecule has 29 heavy (non-hydrogen) atoms. The first-order chi connectivity index (χ1) is 14.3. The zero-order valence-electron chi connectivity index (χ0n) is 16.1. The summed E-state index contributed by atoms with van der Waals surface area (Å²) >= 11 is 0. The maximum Gasteiger partial charge on any atom is 0.226 e. The number of hydrogen-bond donors (Lipinski definition) is 0. The molecular formula is C23H23N3O3. The normalized spacial score (nSPS) is 23.7. The molecule has 6 nitrogen and oxygen atoms in total. The number of morpholine rings is 1. The van der Waals surface area contributed by atoms with Crippen molar-refractivity contribution in [2.45, 2.75) is 18.4 Å². The minimum Gasteiger partial charge on any atom is -0.474 e. The molecule has 148 valence electrons. The topological polar surface area (TPSA) is 64.6 Å². The lowest BCUT2D eigenvalue weighted by atomic mass is 10.1. The van der Waals surface area contributed by atoms with Gasteiger partial charge in [-0.2, -0.15) is 0 Å². The standard InChI is InChI=1S/C23H23N3O3/c27-23(20-12-19(20)16-6-2-1-3-7-16)26-10-11-28-17(13-26)14-29-22-18-8-4-5-9-21(18)24-15-25-22/h1-9,15,17,19-20H,10-14H2/t17?,19-,20+/m1/s1. The molecule has 2 heterocycles. The monoisotopic (exact) mass is 389 g/mol. The molecule has 1 saturated heterocycles. The predicted octanol–water partition coefficient (Wildman–Crippen LogP) is 3.04. The Morgan fingerprint density at radius 3 is 2.83 bits per heavy atom. The van der Waals surface area contributed by atoms with E-state index in [2.05, 4.69) is 22.1 Å². The van der Waals surface area contributed by atoms with Gasteiger partial charge in [0.1, 0.15) is 19.0 Å². The summed E-state index contributed by atoms with van der Waals surface area (Å²) in [7, 11) is 0. The number of amides is 1. The van der Waals surface area contributed by atoms with Crippen molar-refractivity contribution in [3.8, 4) is 5.88 Å². The van der Waals surface area contributed by atoms with Crippen LogP contribution in [0.4, 0.5) is 0 Å². The Balaban J connectivity index is 1.19. The Hall–Kier alpha value is -2.99. The molecule has 3 aromatic rings. The fraction of sp³-hybridized carbons (Fsp3) is 0.348. The van der Waals surface area contributed by atoms with Crippen molar-refractivity contribution in [1.82, 2.24) is 14.9 Å². The number of benzene rings is 2. The third-order valence-corrected chi connectivity index (χ3v) is 5.70. The molecule has 0 spiro atoms. The van der Waals surface area contributed by atoms with Gasteiger partial charge in [0.15, 0.2) is 0 Å². The highest BCUT2D eigenvalue weighted by molar-refractivity contribution is 5.83. The van der Waals surface area contributed by atoms with Crippen molar-refractivity contribution in [1.29, 1.82) is 0 Å². The average Bonchev–Trinajstić information content (AvgIpc) is 3.59. The average molecular weight is 389 g/mol. The van der Waals surface area contributed by atoms with Crippen LogP contribution in [0, 0.1) is 5.92 Å². The number of carbonyl (C=O) groups excluding carboxylic acids is 1. The first-order valence-corrected chi connectivity index (χ1v) is 10.1. The third-order valence-electron chi connectivity index (χ3n) is 5.70. The molecule has 2 fully saturated rings. The molecule has 0 N–H and O–H groups in total. The summed E-state index contributed by atoms with van der Waals surface area (Å²) in [6.45, 7) is 2.09. The van der Waals surface area contributed by atoms with Gasteiger partial charge in [0.05, 0.1) is 24.1 Å². The van der Waals surface area contributed by atoms with Crippen LogP contribution in [0.25, 0.3) is 10.9 Å². The van der Waals surface area contributed by atoms with Gasteiger partial charge in [-0.25, -0.2) is 9.97 Å². The second kappa shape index (κ2) is 7.79. The van der Waals surface area contributed by atoms with E-state index in [0.29, 0.717) is 38.1 Å². The van der Waals surface area contributed by atoms with Gasteiger partial charge in [0, 0.05) is 12.5 Å². The van der Waals surface area contributed by atoms with Crippen LogP contribution in [0.2, 0.25) is 0 Å². The number of para-hydroxylation sites is 1. The summed E-state index contributed by atoms with van der Waals surface area (Å²) in [6.07, 6.45) is 2.29. The molecule has 3 atom stereocenters. The summed E-state index contributed by atoms with van der Waals surface area (Å²) < 4.78 is 11.8. The largest absolute Gasteiger partial charge is 0.474 e. The summed E-state index contributed by atoms with van der Waals surface area (Å²) in [5.74, 6) is 1.24. The number of nitrogens with zero attached hydrogens (tertiary/aromatic N) is 3. The SMILES string of the molecule is O=C([C@H]1C[C@@H]1c1ccccc1)N1CCOC(COc2ncnc3ccccc23)C1. The van der Waals surface area contributed by atoms with E-state index in [4.69, 9.17) is 9.47 Å². The van der Waals surface area contributed by atoms with E-state index in [0.717, 1.165) is 17.3 Å². The lowest BCUT2D eigenvalue weighted by molar-refractivity contribution is -0.141. The summed E-state index contributed by atoms with van der Waals surface area (Å²) in [6, 6.07) is 18.1. The predicted molar refractivity (Wildman–Crippen MR) is 109 cm³/mol. The number of rotatable bonds is 5. The van der Waals surface area contributed by atoms with Crippen LogP contribution in [0.15, 0.2) is 60.9 Å². The second-order valence-electron chi connectivity index (χ2n) is 7.64. The van der Waals surface area contributed by atoms with Gasteiger partial charge in [-0.15, -0.1) is 0 Å². The van der Waals surface area contributed by atoms with Crippen LogP contribution in [0.3, 0.4) is 0 Å². The van der Waals surface area contributed by atoms with Gasteiger partial charge in [0.2, 0.25) is 11.8 Å². The maximum atomic E-state index is 12.9. The van der Waals surface area contributed by atoms with Gasteiger partial charge < -0.3 is 14.4 Å². The number of aromatic nitrogens is 2. The van der Waals surface area contributed by atoms with E-state index in [1.807, 2.05) is 47.4 Å². The van der Waals surface area contributed by atoms with Gasteiger partial charge in [0.25, 0.3) is 0 Å². The highest BCUT2D eigenvalue weighted by Gasteiger charge is 2.46. The molecule has 0 bridgehead atoms. The molecule has 1 saturated carbocycles. The summed E-state index contributed by atoms with van der Waals surface area (Å²) in [5.41, 5.74) is 2.11. The Kier molecular flexibility index (Phi) is 4.86. The van der Waals surface area contributed by atoms with E-state index in [9.17, 15) is 4.79 Å². The van der Waals surface area contributed by atoms with Crippen LogP contribution >= 0.6 is 0 Å². The van der Waals surface area contributed by atoms with Crippen LogP contribution in [-0.4, -0.2) is 53.2 Å². The van der Waals surface area contributed by atoms with E-state index in [1.165, 1.54) is 11.9 Å². The molecular weight excluding hydrogens is 366 g/mol. The van der Waals surface area contributed by atoms with E-state index >= 15 is 0 Å². The molecule has 0 radical (unpaired) electrons. The Morgan fingerprint density at radius 1 is 1.10 bits per heavy atom. The minimum absolute atomic E-state index is 0.0999. The first kappa shape index (κ1) is 18.1. The zero-order chi connectivity index (χ0) is 19.6. The quantitative estimate of drug-likeness (QED) is 0.671. The Morgan fingerprint density at radius 2 is 1.93 bits per heavy atom. The van der Waals surface area contributed by atoms with Crippen LogP contribution < -0.4 is 4.74 Å². The van der Waals surface area contributed by atoms with E-state index in [-0.39, 0.29) is 17.9 Å². The number of fused-ring (bicyclic) bond motifs is 1. The first-order valence-electron chi connectivity index (χ1n) is 10.1. The van der Waals surface area contributed by atoms with Crippen LogP contribution in [-0.2, 0) is 9.53 Å². The van der Waals surface area contributed by atoms with Crippen molar-refractivity contribution >= 4 is 16.8 Å². The van der Waals surface area contributed by atoms with Gasteiger partial charge >= 0.3 is 0 Å². The second-order valence-corrected chi connectivity index (χ2v) is 7.64. The fourth-order valence-electron chi connectivity index (χ4n) is 4.06. The summed E-state index contributed by atoms with van der Waals surface area (Å²) in [4.78, 5) is 23.4. The molecule has 2 aliphatic rings. The Labute approximate surface area is 169 Å². The van der Waals surface area contributed by atoms with Gasteiger partial charge in [-0.05, 0) is 30.0 Å².